The van der Waals surface area contributed by atoms with Crippen LogP contribution in [0.1, 0.15) is 27.2 Å². The third-order valence-corrected chi connectivity index (χ3v) is 5.01. The molecule has 4 aromatic rings. The number of furan rings is 1. The van der Waals surface area contributed by atoms with E-state index in [9.17, 15) is 4.79 Å². The summed E-state index contributed by atoms with van der Waals surface area (Å²) in [4.78, 5) is 12.7. The van der Waals surface area contributed by atoms with Gasteiger partial charge in [0.25, 0.3) is 5.91 Å². The number of hydrogen-bond acceptors (Lipinski definition) is 2. The fourth-order valence-electron chi connectivity index (χ4n) is 3.26. The minimum atomic E-state index is -0.230. The zero-order valence-corrected chi connectivity index (χ0v) is 15.7. The molecule has 0 fully saturated rings. The highest BCUT2D eigenvalue weighted by molar-refractivity contribution is 6.06. The molecule has 0 bridgehead atoms. The van der Waals surface area contributed by atoms with Gasteiger partial charge in [-0.2, -0.15) is 0 Å². The Kier molecular flexibility index (Phi) is 4.28. The molecule has 0 unspecified atom stereocenters. The molecule has 134 valence electrons. The number of fused-ring (bicyclic) bond motifs is 1. The lowest BCUT2D eigenvalue weighted by Crippen LogP contribution is -2.11. The summed E-state index contributed by atoms with van der Waals surface area (Å²) in [6, 6.07) is 22.0. The van der Waals surface area contributed by atoms with E-state index in [1.54, 1.807) is 0 Å². The molecule has 1 heterocycles. The van der Waals surface area contributed by atoms with Crippen LogP contribution in [0.2, 0.25) is 0 Å². The van der Waals surface area contributed by atoms with E-state index >= 15 is 0 Å². The Morgan fingerprint density at radius 2 is 1.44 bits per heavy atom. The van der Waals surface area contributed by atoms with Gasteiger partial charge in [0.05, 0.1) is 0 Å². The molecule has 3 heteroatoms. The summed E-state index contributed by atoms with van der Waals surface area (Å²) < 4.78 is 5.85. The van der Waals surface area contributed by atoms with E-state index < -0.39 is 0 Å². The minimum Gasteiger partial charge on any atom is -0.451 e. The Balaban J connectivity index is 1.59. The van der Waals surface area contributed by atoms with E-state index in [0.29, 0.717) is 5.76 Å². The number of aryl methyl sites for hydroxylation is 3. The minimum absolute atomic E-state index is 0.230. The van der Waals surface area contributed by atoms with Crippen LogP contribution in [0.25, 0.3) is 22.1 Å². The standard InChI is InChI=1S/C24H21NO2/c1-15-13-21-17(3)23(27-22(21)14-16(15)2)24(26)25-20-11-9-19(10-12-20)18-7-5-4-6-8-18/h4-14H,1-3H3,(H,25,26). The first kappa shape index (κ1) is 17.1. The van der Waals surface area contributed by atoms with E-state index in [1.165, 1.54) is 5.56 Å². The summed E-state index contributed by atoms with van der Waals surface area (Å²) in [6.45, 7) is 6.03. The molecule has 0 radical (unpaired) electrons. The largest absolute Gasteiger partial charge is 0.451 e. The SMILES string of the molecule is Cc1cc2oc(C(=O)Nc3ccc(-c4ccccc4)cc3)c(C)c2cc1C. The lowest BCUT2D eigenvalue weighted by molar-refractivity contribution is 0.0998. The van der Waals surface area contributed by atoms with Crippen molar-refractivity contribution in [3.05, 3.63) is 89.2 Å². The van der Waals surface area contributed by atoms with Crippen molar-refractivity contribution >= 4 is 22.6 Å². The lowest BCUT2D eigenvalue weighted by atomic mass is 10.0. The Bertz CT molecular complexity index is 1120. The summed E-state index contributed by atoms with van der Waals surface area (Å²) in [5.41, 5.74) is 6.96. The zero-order chi connectivity index (χ0) is 19.0. The van der Waals surface area contributed by atoms with Gasteiger partial charge in [-0.15, -0.1) is 0 Å². The topological polar surface area (TPSA) is 42.2 Å². The van der Waals surface area contributed by atoms with E-state index in [4.69, 9.17) is 4.42 Å². The maximum atomic E-state index is 12.7. The summed E-state index contributed by atoms with van der Waals surface area (Å²) in [5.74, 6) is 0.133. The fraction of sp³-hybridized carbons (Fsp3) is 0.125. The third kappa shape index (κ3) is 3.24. The second-order valence-corrected chi connectivity index (χ2v) is 6.89. The normalized spacial score (nSPS) is 10.9. The second kappa shape index (κ2) is 6.76. The van der Waals surface area contributed by atoms with Crippen LogP contribution in [-0.4, -0.2) is 5.91 Å². The molecule has 1 aromatic heterocycles. The van der Waals surface area contributed by atoms with Gasteiger partial charge in [0.2, 0.25) is 0 Å². The Hall–Kier alpha value is -3.33. The van der Waals surface area contributed by atoms with Crippen molar-refractivity contribution in [3.63, 3.8) is 0 Å². The molecule has 0 saturated heterocycles. The molecule has 1 N–H and O–H groups in total. The highest BCUT2D eigenvalue weighted by Gasteiger charge is 2.18. The first-order chi connectivity index (χ1) is 13.0. The maximum Gasteiger partial charge on any atom is 0.291 e. The third-order valence-electron chi connectivity index (χ3n) is 5.01. The molecule has 27 heavy (non-hydrogen) atoms. The molecule has 4 rings (SSSR count). The van der Waals surface area contributed by atoms with Gasteiger partial charge in [0.15, 0.2) is 5.76 Å². The summed E-state index contributed by atoms with van der Waals surface area (Å²) in [6.07, 6.45) is 0. The quantitative estimate of drug-likeness (QED) is 0.470. The highest BCUT2D eigenvalue weighted by atomic mass is 16.3. The Labute approximate surface area is 158 Å². The predicted molar refractivity (Wildman–Crippen MR) is 110 cm³/mol. The van der Waals surface area contributed by atoms with Crippen LogP contribution in [0.5, 0.6) is 0 Å². The molecule has 0 saturated carbocycles. The van der Waals surface area contributed by atoms with Crippen molar-refractivity contribution in [3.8, 4) is 11.1 Å². The van der Waals surface area contributed by atoms with Gasteiger partial charge >= 0.3 is 0 Å². The van der Waals surface area contributed by atoms with Gasteiger partial charge in [-0.1, -0.05) is 42.5 Å². The van der Waals surface area contributed by atoms with Crippen LogP contribution in [-0.2, 0) is 0 Å². The average Bonchev–Trinajstić information content (AvgIpc) is 2.99. The predicted octanol–water partition coefficient (Wildman–Crippen LogP) is 6.28. The van der Waals surface area contributed by atoms with Gasteiger partial charge in [-0.05, 0) is 67.3 Å². The van der Waals surface area contributed by atoms with Crippen molar-refractivity contribution in [2.45, 2.75) is 20.8 Å². The molecule has 0 atom stereocenters. The number of benzene rings is 3. The summed E-state index contributed by atoms with van der Waals surface area (Å²) >= 11 is 0. The zero-order valence-electron chi connectivity index (χ0n) is 15.7. The summed E-state index contributed by atoms with van der Waals surface area (Å²) in [5, 5.41) is 3.92. The first-order valence-electron chi connectivity index (χ1n) is 9.00. The number of amides is 1. The molecular weight excluding hydrogens is 334 g/mol. The van der Waals surface area contributed by atoms with Crippen LogP contribution in [0.3, 0.4) is 0 Å². The Morgan fingerprint density at radius 3 is 2.15 bits per heavy atom. The van der Waals surface area contributed by atoms with E-state index in [1.807, 2.05) is 62.4 Å². The highest BCUT2D eigenvalue weighted by Crippen LogP contribution is 2.29. The molecule has 0 spiro atoms. The van der Waals surface area contributed by atoms with Gasteiger partial charge in [-0.25, -0.2) is 0 Å². The molecular formula is C24H21NO2. The smallest absolute Gasteiger partial charge is 0.291 e. The van der Waals surface area contributed by atoms with Crippen LogP contribution in [0, 0.1) is 20.8 Å². The van der Waals surface area contributed by atoms with E-state index in [0.717, 1.165) is 38.9 Å². The summed E-state index contributed by atoms with van der Waals surface area (Å²) in [7, 11) is 0. The van der Waals surface area contributed by atoms with Gasteiger partial charge in [0, 0.05) is 16.6 Å². The number of carbonyl (C=O) groups is 1. The van der Waals surface area contributed by atoms with E-state index in [-0.39, 0.29) is 5.91 Å². The second-order valence-electron chi connectivity index (χ2n) is 6.89. The first-order valence-corrected chi connectivity index (χ1v) is 9.00. The van der Waals surface area contributed by atoms with Crippen LogP contribution >= 0.6 is 0 Å². The fourth-order valence-corrected chi connectivity index (χ4v) is 3.26. The average molecular weight is 355 g/mol. The van der Waals surface area contributed by atoms with Crippen molar-refractivity contribution < 1.29 is 9.21 Å². The van der Waals surface area contributed by atoms with Crippen LogP contribution in [0.4, 0.5) is 5.69 Å². The van der Waals surface area contributed by atoms with Crippen molar-refractivity contribution in [2.75, 3.05) is 5.32 Å². The molecule has 0 aliphatic heterocycles. The number of anilines is 1. The Morgan fingerprint density at radius 1 is 0.815 bits per heavy atom. The molecule has 0 aliphatic carbocycles. The molecule has 3 aromatic carbocycles. The van der Waals surface area contributed by atoms with Crippen LogP contribution in [0.15, 0.2) is 71.1 Å². The maximum absolute atomic E-state index is 12.7. The van der Waals surface area contributed by atoms with Gasteiger partial charge in [-0.3, -0.25) is 4.79 Å². The molecule has 1 amide bonds. The van der Waals surface area contributed by atoms with Crippen molar-refractivity contribution in [1.82, 2.24) is 0 Å². The van der Waals surface area contributed by atoms with Crippen molar-refractivity contribution in [2.24, 2.45) is 0 Å². The van der Waals surface area contributed by atoms with Gasteiger partial charge < -0.3 is 9.73 Å². The number of hydrogen-bond donors (Lipinski definition) is 1. The molecule has 3 nitrogen and oxygen atoms in total. The van der Waals surface area contributed by atoms with Crippen LogP contribution < -0.4 is 5.32 Å². The number of nitrogens with one attached hydrogen (secondary N) is 1. The number of carbonyl (C=O) groups excluding carboxylic acids is 1. The van der Waals surface area contributed by atoms with Crippen molar-refractivity contribution in [1.29, 1.82) is 0 Å². The van der Waals surface area contributed by atoms with Gasteiger partial charge in [0.1, 0.15) is 5.58 Å². The number of rotatable bonds is 3. The van der Waals surface area contributed by atoms with E-state index in [2.05, 4.69) is 30.4 Å². The molecule has 0 aliphatic rings. The lowest BCUT2D eigenvalue weighted by Gasteiger charge is -2.06. The monoisotopic (exact) mass is 355 g/mol.